The average Bonchev–Trinajstić information content (AvgIpc) is 2.59. The molecule has 3 amide bonds. The molecular formula is C22H25N3O2. The van der Waals surface area contributed by atoms with Gasteiger partial charge in [-0.05, 0) is 47.4 Å². The van der Waals surface area contributed by atoms with Crippen molar-refractivity contribution in [2.75, 3.05) is 17.2 Å². The summed E-state index contributed by atoms with van der Waals surface area (Å²) in [6.07, 6.45) is 0. The Labute approximate surface area is 160 Å². The summed E-state index contributed by atoms with van der Waals surface area (Å²) in [6, 6.07) is 14.7. The van der Waals surface area contributed by atoms with Crippen molar-refractivity contribution in [3.8, 4) is 11.8 Å². The van der Waals surface area contributed by atoms with Crippen LogP contribution in [0.15, 0.2) is 48.5 Å². The third kappa shape index (κ3) is 6.87. The van der Waals surface area contributed by atoms with Gasteiger partial charge in [0.15, 0.2) is 0 Å². The Kier molecular flexibility index (Phi) is 6.62. The number of hydrogen-bond acceptors (Lipinski definition) is 2. The van der Waals surface area contributed by atoms with E-state index in [2.05, 4.69) is 48.6 Å². The highest BCUT2D eigenvalue weighted by Crippen LogP contribution is 2.23. The Hall–Kier alpha value is -3.26. The van der Waals surface area contributed by atoms with Gasteiger partial charge in [0, 0.05) is 23.9 Å². The van der Waals surface area contributed by atoms with Crippen LogP contribution in [0.2, 0.25) is 0 Å². The van der Waals surface area contributed by atoms with Gasteiger partial charge in [-0.25, -0.2) is 4.79 Å². The summed E-state index contributed by atoms with van der Waals surface area (Å²) in [7, 11) is 0. The van der Waals surface area contributed by atoms with E-state index < -0.39 is 0 Å². The number of benzene rings is 2. The highest BCUT2D eigenvalue weighted by molar-refractivity contribution is 5.89. The molecule has 0 unspecified atom stereocenters. The predicted octanol–water partition coefficient (Wildman–Crippen LogP) is 4.12. The second-order valence-electron chi connectivity index (χ2n) is 7.20. The standard InChI is InChI=1S/C22H25N3O2/c1-16(26)24-19-11-7-17(8-12-19)6-5-15-23-21(27)25-20-13-9-18(10-14-20)22(2,3)4/h7-14H,15H2,1-4H3,(H,24,26)(H2,23,25,27). The molecule has 2 aromatic carbocycles. The van der Waals surface area contributed by atoms with Crippen molar-refractivity contribution in [1.82, 2.24) is 5.32 Å². The molecule has 140 valence electrons. The Morgan fingerprint density at radius 3 is 2.00 bits per heavy atom. The molecule has 0 radical (unpaired) electrons. The van der Waals surface area contributed by atoms with Gasteiger partial charge in [0.25, 0.3) is 0 Å². The van der Waals surface area contributed by atoms with E-state index in [4.69, 9.17) is 0 Å². The van der Waals surface area contributed by atoms with E-state index >= 15 is 0 Å². The lowest BCUT2D eigenvalue weighted by Crippen LogP contribution is -2.28. The molecule has 0 heterocycles. The molecular weight excluding hydrogens is 338 g/mol. The third-order valence-corrected chi connectivity index (χ3v) is 3.78. The highest BCUT2D eigenvalue weighted by Gasteiger charge is 2.13. The maximum absolute atomic E-state index is 11.9. The molecule has 5 heteroatoms. The van der Waals surface area contributed by atoms with Crippen LogP contribution in [0.5, 0.6) is 0 Å². The van der Waals surface area contributed by atoms with Crippen molar-refractivity contribution >= 4 is 23.3 Å². The minimum atomic E-state index is -0.297. The Balaban J connectivity index is 1.81. The van der Waals surface area contributed by atoms with Gasteiger partial charge in [0.05, 0.1) is 6.54 Å². The second kappa shape index (κ2) is 8.91. The zero-order chi connectivity index (χ0) is 19.9. The molecule has 0 atom stereocenters. The highest BCUT2D eigenvalue weighted by atomic mass is 16.2. The molecule has 5 nitrogen and oxygen atoms in total. The fourth-order valence-electron chi connectivity index (χ4n) is 2.34. The molecule has 0 spiro atoms. The molecule has 0 aromatic heterocycles. The maximum atomic E-state index is 11.9. The van der Waals surface area contributed by atoms with Crippen LogP contribution in [-0.4, -0.2) is 18.5 Å². The van der Waals surface area contributed by atoms with E-state index in [1.165, 1.54) is 12.5 Å². The van der Waals surface area contributed by atoms with Crippen molar-refractivity contribution in [2.24, 2.45) is 0 Å². The fraction of sp³-hybridized carbons (Fsp3) is 0.273. The molecule has 0 aliphatic carbocycles. The van der Waals surface area contributed by atoms with Crippen LogP contribution in [0.25, 0.3) is 0 Å². The third-order valence-electron chi connectivity index (χ3n) is 3.78. The largest absolute Gasteiger partial charge is 0.327 e. The Morgan fingerprint density at radius 2 is 1.44 bits per heavy atom. The van der Waals surface area contributed by atoms with E-state index in [1.807, 2.05) is 36.4 Å². The predicted molar refractivity (Wildman–Crippen MR) is 110 cm³/mol. The number of hydrogen-bond donors (Lipinski definition) is 3. The van der Waals surface area contributed by atoms with Crippen LogP contribution in [0.1, 0.15) is 38.8 Å². The fourth-order valence-corrected chi connectivity index (χ4v) is 2.34. The first-order valence-corrected chi connectivity index (χ1v) is 8.76. The molecule has 2 rings (SSSR count). The first kappa shape index (κ1) is 20.1. The van der Waals surface area contributed by atoms with Crippen molar-refractivity contribution in [3.63, 3.8) is 0 Å². The minimum Gasteiger partial charge on any atom is -0.327 e. The average molecular weight is 363 g/mol. The van der Waals surface area contributed by atoms with Gasteiger partial charge in [-0.15, -0.1) is 0 Å². The smallest absolute Gasteiger partial charge is 0.319 e. The van der Waals surface area contributed by atoms with Crippen LogP contribution in [0.3, 0.4) is 0 Å². The zero-order valence-corrected chi connectivity index (χ0v) is 16.1. The number of carbonyl (C=O) groups is 2. The van der Waals surface area contributed by atoms with E-state index in [-0.39, 0.29) is 23.9 Å². The van der Waals surface area contributed by atoms with E-state index in [1.54, 1.807) is 12.1 Å². The van der Waals surface area contributed by atoms with Crippen molar-refractivity contribution < 1.29 is 9.59 Å². The van der Waals surface area contributed by atoms with Gasteiger partial charge in [-0.1, -0.05) is 44.7 Å². The summed E-state index contributed by atoms with van der Waals surface area (Å²) in [4.78, 5) is 22.9. The number of amides is 3. The number of rotatable bonds is 3. The quantitative estimate of drug-likeness (QED) is 0.718. The van der Waals surface area contributed by atoms with Crippen molar-refractivity contribution in [1.29, 1.82) is 0 Å². The summed E-state index contributed by atoms with van der Waals surface area (Å²) in [5, 5.41) is 8.19. The van der Waals surface area contributed by atoms with Gasteiger partial charge in [0.1, 0.15) is 0 Å². The molecule has 0 saturated heterocycles. The minimum absolute atomic E-state index is 0.0801. The summed E-state index contributed by atoms with van der Waals surface area (Å²) in [6.45, 7) is 8.14. The van der Waals surface area contributed by atoms with E-state index in [0.717, 1.165) is 16.9 Å². The molecule has 0 bridgehead atoms. The molecule has 0 fully saturated rings. The second-order valence-corrected chi connectivity index (χ2v) is 7.20. The van der Waals surface area contributed by atoms with Gasteiger partial charge < -0.3 is 16.0 Å². The topological polar surface area (TPSA) is 70.2 Å². The van der Waals surface area contributed by atoms with Crippen molar-refractivity contribution in [3.05, 3.63) is 59.7 Å². The van der Waals surface area contributed by atoms with Gasteiger partial charge >= 0.3 is 6.03 Å². The Morgan fingerprint density at radius 1 is 0.889 bits per heavy atom. The first-order valence-electron chi connectivity index (χ1n) is 8.76. The SMILES string of the molecule is CC(=O)Nc1ccc(C#CCNC(=O)Nc2ccc(C(C)(C)C)cc2)cc1. The van der Waals surface area contributed by atoms with Gasteiger partial charge in [-0.3, -0.25) is 4.79 Å². The zero-order valence-electron chi connectivity index (χ0n) is 16.1. The normalized spacial score (nSPS) is 10.4. The van der Waals surface area contributed by atoms with Crippen LogP contribution in [-0.2, 0) is 10.2 Å². The van der Waals surface area contributed by atoms with Gasteiger partial charge in [-0.2, -0.15) is 0 Å². The molecule has 0 aliphatic heterocycles. The lowest BCUT2D eigenvalue weighted by molar-refractivity contribution is -0.114. The first-order chi connectivity index (χ1) is 12.7. The van der Waals surface area contributed by atoms with Crippen LogP contribution < -0.4 is 16.0 Å². The lowest BCUT2D eigenvalue weighted by Gasteiger charge is -2.19. The van der Waals surface area contributed by atoms with E-state index in [0.29, 0.717) is 0 Å². The molecule has 3 N–H and O–H groups in total. The molecule has 0 saturated carbocycles. The number of nitrogens with one attached hydrogen (secondary N) is 3. The molecule has 2 aromatic rings. The monoisotopic (exact) mass is 363 g/mol. The van der Waals surface area contributed by atoms with Crippen molar-refractivity contribution in [2.45, 2.75) is 33.1 Å². The summed E-state index contributed by atoms with van der Waals surface area (Å²) < 4.78 is 0. The number of carbonyl (C=O) groups excluding carboxylic acids is 2. The number of urea groups is 1. The number of anilines is 2. The molecule has 0 aliphatic rings. The summed E-state index contributed by atoms with van der Waals surface area (Å²) >= 11 is 0. The Bertz CT molecular complexity index is 852. The molecule has 27 heavy (non-hydrogen) atoms. The lowest BCUT2D eigenvalue weighted by atomic mass is 9.87. The van der Waals surface area contributed by atoms with Crippen LogP contribution in [0, 0.1) is 11.8 Å². The van der Waals surface area contributed by atoms with Gasteiger partial charge in [0.2, 0.25) is 5.91 Å². The maximum Gasteiger partial charge on any atom is 0.319 e. The van der Waals surface area contributed by atoms with Crippen LogP contribution in [0.4, 0.5) is 16.2 Å². The van der Waals surface area contributed by atoms with Crippen LogP contribution >= 0.6 is 0 Å². The van der Waals surface area contributed by atoms with E-state index in [9.17, 15) is 9.59 Å². The summed E-state index contributed by atoms with van der Waals surface area (Å²) in [5.74, 6) is 5.75. The summed E-state index contributed by atoms with van der Waals surface area (Å²) in [5.41, 5.74) is 3.56.